The molecule has 1 aromatic rings. The zero-order valence-electron chi connectivity index (χ0n) is 6.89. The molecule has 2 nitrogen and oxygen atoms in total. The van der Waals surface area contributed by atoms with Crippen LogP contribution in [-0.2, 0) is 0 Å². The zero-order chi connectivity index (χ0) is 9.42. The summed E-state index contributed by atoms with van der Waals surface area (Å²) in [5.41, 5.74) is 6.62. The molecule has 1 aromatic carbocycles. The van der Waals surface area contributed by atoms with Gasteiger partial charge in [0.2, 0.25) is 0 Å². The van der Waals surface area contributed by atoms with Crippen molar-refractivity contribution >= 4 is 22.6 Å². The van der Waals surface area contributed by atoms with E-state index in [0.29, 0.717) is 12.4 Å². The Morgan fingerprint density at radius 2 is 2.31 bits per heavy atom. The van der Waals surface area contributed by atoms with E-state index in [1.165, 1.54) is 6.07 Å². The summed E-state index contributed by atoms with van der Waals surface area (Å²) in [5, 5.41) is 0. The Morgan fingerprint density at radius 1 is 1.54 bits per heavy atom. The van der Waals surface area contributed by atoms with E-state index in [2.05, 4.69) is 22.6 Å². The van der Waals surface area contributed by atoms with E-state index in [4.69, 9.17) is 10.5 Å². The van der Waals surface area contributed by atoms with Crippen LogP contribution in [0.2, 0.25) is 0 Å². The highest BCUT2D eigenvalue weighted by molar-refractivity contribution is 14.1. The van der Waals surface area contributed by atoms with Gasteiger partial charge in [-0.1, -0.05) is 0 Å². The van der Waals surface area contributed by atoms with Crippen LogP contribution in [0, 0.1) is 9.39 Å². The molecule has 0 aliphatic carbocycles. The normalized spacial score (nSPS) is 20.7. The lowest BCUT2D eigenvalue weighted by Gasteiger charge is -2.23. The molecule has 0 bridgehead atoms. The van der Waals surface area contributed by atoms with Gasteiger partial charge in [-0.05, 0) is 34.7 Å². The molecule has 1 aliphatic heterocycles. The van der Waals surface area contributed by atoms with Gasteiger partial charge in [-0.2, -0.15) is 0 Å². The van der Waals surface area contributed by atoms with Gasteiger partial charge in [0.05, 0.1) is 6.61 Å². The molecular formula is C9H9FINO. The number of fused-ring (bicyclic) bond motifs is 1. The summed E-state index contributed by atoms with van der Waals surface area (Å²) >= 11 is 2.07. The van der Waals surface area contributed by atoms with Crippen LogP contribution in [0.5, 0.6) is 5.75 Å². The second-order valence-electron chi connectivity index (χ2n) is 3.05. The first-order valence-corrected chi connectivity index (χ1v) is 5.13. The summed E-state index contributed by atoms with van der Waals surface area (Å²) in [5.74, 6) is 0.0243. The Labute approximate surface area is 89.4 Å². The van der Waals surface area contributed by atoms with Crippen LogP contribution < -0.4 is 10.5 Å². The fourth-order valence-electron chi connectivity index (χ4n) is 1.45. The molecule has 1 aliphatic rings. The maximum absolute atomic E-state index is 13.3. The summed E-state index contributed by atoms with van der Waals surface area (Å²) in [4.78, 5) is 0. The molecule has 0 amide bonds. The molecular weight excluding hydrogens is 284 g/mol. The number of halogens is 2. The maximum Gasteiger partial charge on any atom is 0.166 e. The van der Waals surface area contributed by atoms with Crippen LogP contribution in [0.1, 0.15) is 18.0 Å². The lowest BCUT2D eigenvalue weighted by atomic mass is 10.0. The molecule has 2 N–H and O–H groups in total. The summed E-state index contributed by atoms with van der Waals surface area (Å²) < 4.78 is 19.4. The monoisotopic (exact) mass is 293 g/mol. The minimum absolute atomic E-state index is 0.0898. The topological polar surface area (TPSA) is 35.2 Å². The minimum Gasteiger partial charge on any atom is -0.490 e. The van der Waals surface area contributed by atoms with Gasteiger partial charge in [0.1, 0.15) is 0 Å². The van der Waals surface area contributed by atoms with Gasteiger partial charge < -0.3 is 10.5 Å². The van der Waals surface area contributed by atoms with Gasteiger partial charge in [0.25, 0.3) is 0 Å². The van der Waals surface area contributed by atoms with Gasteiger partial charge in [-0.3, -0.25) is 0 Å². The number of benzene rings is 1. The first-order valence-electron chi connectivity index (χ1n) is 4.06. The quantitative estimate of drug-likeness (QED) is 0.744. The van der Waals surface area contributed by atoms with E-state index in [-0.39, 0.29) is 11.9 Å². The second-order valence-corrected chi connectivity index (χ2v) is 4.30. The summed E-state index contributed by atoms with van der Waals surface area (Å²) in [6.07, 6.45) is 0.756. The van der Waals surface area contributed by atoms with Crippen molar-refractivity contribution in [2.45, 2.75) is 12.5 Å². The molecule has 0 spiro atoms. The Balaban J connectivity index is 2.56. The average molecular weight is 293 g/mol. The Hall–Kier alpha value is -0.360. The highest BCUT2D eigenvalue weighted by Crippen LogP contribution is 2.34. The fourth-order valence-corrected chi connectivity index (χ4v) is 2.06. The van der Waals surface area contributed by atoms with Crippen LogP contribution in [0.25, 0.3) is 0 Å². The molecule has 1 heterocycles. The van der Waals surface area contributed by atoms with Gasteiger partial charge >= 0.3 is 0 Å². The van der Waals surface area contributed by atoms with Crippen LogP contribution >= 0.6 is 22.6 Å². The van der Waals surface area contributed by atoms with E-state index < -0.39 is 0 Å². The van der Waals surface area contributed by atoms with Crippen LogP contribution in [0.15, 0.2) is 12.1 Å². The van der Waals surface area contributed by atoms with Crippen molar-refractivity contribution in [3.8, 4) is 5.75 Å². The molecule has 13 heavy (non-hydrogen) atoms. The molecule has 1 atom stereocenters. The van der Waals surface area contributed by atoms with E-state index >= 15 is 0 Å². The third-order valence-corrected chi connectivity index (χ3v) is 2.73. The predicted octanol–water partition coefficient (Wildman–Crippen LogP) is 2.21. The van der Waals surface area contributed by atoms with Gasteiger partial charge in [-0.25, -0.2) is 4.39 Å². The Morgan fingerprint density at radius 3 is 3.08 bits per heavy atom. The molecule has 0 fully saturated rings. The molecule has 0 saturated heterocycles. The lowest BCUT2D eigenvalue weighted by Crippen LogP contribution is -2.21. The van der Waals surface area contributed by atoms with Crippen molar-refractivity contribution in [3.63, 3.8) is 0 Å². The molecule has 0 saturated carbocycles. The molecule has 1 unspecified atom stereocenters. The highest BCUT2D eigenvalue weighted by Gasteiger charge is 2.21. The lowest BCUT2D eigenvalue weighted by molar-refractivity contribution is 0.255. The summed E-state index contributed by atoms with van der Waals surface area (Å²) in [6, 6.07) is 3.24. The molecule has 0 radical (unpaired) electrons. The SMILES string of the molecule is NC1CCOc2c(F)cc(I)cc21. The first-order chi connectivity index (χ1) is 6.18. The zero-order valence-corrected chi connectivity index (χ0v) is 9.05. The van der Waals surface area contributed by atoms with E-state index in [0.717, 1.165) is 15.6 Å². The standard InChI is InChI=1S/C9H9FINO/c10-7-4-5(11)3-6-8(12)1-2-13-9(6)7/h3-4,8H,1-2,12H2. The average Bonchev–Trinajstić information content (AvgIpc) is 2.07. The largest absolute Gasteiger partial charge is 0.490 e. The van der Waals surface area contributed by atoms with Crippen molar-refractivity contribution in [3.05, 3.63) is 27.1 Å². The van der Waals surface area contributed by atoms with Crippen molar-refractivity contribution in [1.29, 1.82) is 0 Å². The number of ether oxygens (including phenoxy) is 1. The predicted molar refractivity (Wildman–Crippen MR) is 56.2 cm³/mol. The third kappa shape index (κ3) is 1.65. The van der Waals surface area contributed by atoms with Crippen LogP contribution in [0.4, 0.5) is 4.39 Å². The molecule has 2 rings (SSSR count). The number of rotatable bonds is 0. The van der Waals surface area contributed by atoms with Gasteiger partial charge in [-0.15, -0.1) is 0 Å². The number of nitrogens with two attached hydrogens (primary N) is 1. The van der Waals surface area contributed by atoms with Crippen molar-refractivity contribution in [2.24, 2.45) is 5.73 Å². The third-order valence-electron chi connectivity index (χ3n) is 2.11. The number of hydrogen-bond acceptors (Lipinski definition) is 2. The number of hydrogen-bond donors (Lipinski definition) is 1. The van der Waals surface area contributed by atoms with Crippen molar-refractivity contribution in [1.82, 2.24) is 0 Å². The summed E-state index contributed by atoms with van der Waals surface area (Å²) in [6.45, 7) is 0.506. The van der Waals surface area contributed by atoms with Crippen molar-refractivity contribution < 1.29 is 9.13 Å². The summed E-state index contributed by atoms with van der Waals surface area (Å²) in [7, 11) is 0. The Bertz CT molecular complexity index is 343. The Kier molecular flexibility index (Phi) is 2.42. The van der Waals surface area contributed by atoms with E-state index in [1.807, 2.05) is 6.07 Å². The van der Waals surface area contributed by atoms with Gasteiger partial charge in [0, 0.05) is 21.6 Å². The van der Waals surface area contributed by atoms with Crippen LogP contribution in [-0.4, -0.2) is 6.61 Å². The maximum atomic E-state index is 13.3. The second kappa shape index (κ2) is 3.42. The molecule has 0 aromatic heterocycles. The van der Waals surface area contributed by atoms with E-state index in [9.17, 15) is 4.39 Å². The minimum atomic E-state index is -0.308. The fraction of sp³-hybridized carbons (Fsp3) is 0.333. The van der Waals surface area contributed by atoms with Crippen molar-refractivity contribution in [2.75, 3.05) is 6.61 Å². The molecule has 4 heteroatoms. The molecule has 70 valence electrons. The first kappa shape index (κ1) is 9.21. The van der Waals surface area contributed by atoms with E-state index in [1.54, 1.807) is 0 Å². The smallest absolute Gasteiger partial charge is 0.166 e. The van der Waals surface area contributed by atoms with Gasteiger partial charge in [0.15, 0.2) is 11.6 Å². The highest BCUT2D eigenvalue weighted by atomic mass is 127. The van der Waals surface area contributed by atoms with Crippen LogP contribution in [0.3, 0.4) is 0 Å².